The maximum absolute atomic E-state index is 12.8. The Morgan fingerprint density at radius 3 is 2.42 bits per heavy atom. The number of likely N-dealkylation sites (tertiary alicyclic amines) is 1. The van der Waals surface area contributed by atoms with E-state index in [2.05, 4.69) is 15.5 Å². The number of benzene rings is 2. The van der Waals surface area contributed by atoms with Crippen molar-refractivity contribution in [3.63, 3.8) is 0 Å². The number of hydrogen-bond donors (Lipinski definition) is 1. The van der Waals surface area contributed by atoms with E-state index in [1.807, 2.05) is 60.4 Å². The predicted octanol–water partition coefficient (Wildman–Crippen LogP) is 4.83. The van der Waals surface area contributed by atoms with Crippen molar-refractivity contribution in [2.24, 2.45) is 5.92 Å². The van der Waals surface area contributed by atoms with Gasteiger partial charge >= 0.3 is 0 Å². The van der Waals surface area contributed by atoms with Gasteiger partial charge in [0.15, 0.2) is 0 Å². The number of anilines is 1. The van der Waals surface area contributed by atoms with Crippen molar-refractivity contribution in [2.75, 3.05) is 11.9 Å². The third kappa shape index (κ3) is 4.67. The van der Waals surface area contributed by atoms with Gasteiger partial charge in [0.05, 0.1) is 5.92 Å². The Kier molecular flexibility index (Phi) is 5.94. The van der Waals surface area contributed by atoms with Crippen molar-refractivity contribution in [2.45, 2.75) is 51.5 Å². The summed E-state index contributed by atoms with van der Waals surface area (Å²) in [6.07, 6.45) is 6.00. The Bertz CT molecular complexity index is 1130. The molecule has 1 N–H and O–H groups in total. The van der Waals surface area contributed by atoms with Gasteiger partial charge in [0.25, 0.3) is 5.89 Å². The highest BCUT2D eigenvalue weighted by Crippen LogP contribution is 2.29. The van der Waals surface area contributed by atoms with Crippen LogP contribution in [-0.4, -0.2) is 39.4 Å². The Hall–Kier alpha value is -3.48. The summed E-state index contributed by atoms with van der Waals surface area (Å²) in [7, 11) is 0. The predicted molar refractivity (Wildman–Crippen MR) is 125 cm³/mol. The van der Waals surface area contributed by atoms with Crippen LogP contribution in [0.3, 0.4) is 0 Å². The summed E-state index contributed by atoms with van der Waals surface area (Å²) in [6.45, 7) is 2.56. The second kappa shape index (κ2) is 9.17. The first-order valence-electron chi connectivity index (χ1n) is 11.7. The van der Waals surface area contributed by atoms with Crippen LogP contribution >= 0.6 is 0 Å². The zero-order valence-electron chi connectivity index (χ0n) is 18.8. The van der Waals surface area contributed by atoms with Crippen molar-refractivity contribution in [3.8, 4) is 22.8 Å². The minimum Gasteiger partial charge on any atom is -0.339 e. The topological polar surface area (TPSA) is 88.3 Å². The van der Waals surface area contributed by atoms with Gasteiger partial charge < -0.3 is 14.7 Å². The molecule has 1 aliphatic heterocycles. The number of amides is 2. The first-order chi connectivity index (χ1) is 16.1. The molecular weight excluding hydrogens is 416 g/mol. The number of aryl methyl sites for hydroxylation is 1. The molecule has 2 heterocycles. The van der Waals surface area contributed by atoms with E-state index in [-0.39, 0.29) is 17.7 Å². The van der Waals surface area contributed by atoms with Crippen molar-refractivity contribution in [3.05, 3.63) is 54.1 Å². The van der Waals surface area contributed by atoms with Crippen LogP contribution in [0.5, 0.6) is 0 Å². The van der Waals surface area contributed by atoms with Crippen LogP contribution in [0.4, 0.5) is 5.69 Å². The Labute approximate surface area is 193 Å². The number of nitrogens with zero attached hydrogens (tertiary/aromatic N) is 3. The van der Waals surface area contributed by atoms with Gasteiger partial charge in [-0.3, -0.25) is 9.59 Å². The molecule has 0 radical (unpaired) electrons. The van der Waals surface area contributed by atoms with E-state index in [1.54, 1.807) is 0 Å². The molecule has 1 saturated carbocycles. The fourth-order valence-corrected chi connectivity index (χ4v) is 4.75. The third-order valence-corrected chi connectivity index (χ3v) is 6.68. The molecule has 2 aliphatic rings. The number of carbonyl (C=O) groups is 2. The molecule has 33 heavy (non-hydrogen) atoms. The molecule has 7 heteroatoms. The van der Waals surface area contributed by atoms with Crippen LogP contribution in [0.2, 0.25) is 0 Å². The van der Waals surface area contributed by atoms with Crippen LogP contribution in [-0.2, 0) is 9.59 Å². The van der Waals surface area contributed by atoms with Gasteiger partial charge in [-0.1, -0.05) is 54.2 Å². The fraction of sp³-hybridized carbons (Fsp3) is 0.385. The lowest BCUT2D eigenvalue weighted by Gasteiger charge is -2.31. The van der Waals surface area contributed by atoms with E-state index < -0.39 is 0 Å². The SMILES string of the molecule is Cc1ccc(-c2noc(-c3ccc(NC(=O)[C@H]4CC(=O)N(C5CCCCC5)C4)cc3)n2)cc1. The Morgan fingerprint density at radius 2 is 1.70 bits per heavy atom. The lowest BCUT2D eigenvalue weighted by molar-refractivity contribution is -0.130. The summed E-state index contributed by atoms with van der Waals surface area (Å²) >= 11 is 0. The second-order valence-electron chi connectivity index (χ2n) is 9.09. The molecule has 1 aromatic heterocycles. The largest absolute Gasteiger partial charge is 0.339 e. The normalized spacial score (nSPS) is 19.1. The van der Waals surface area contributed by atoms with Crippen molar-refractivity contribution in [1.29, 1.82) is 0 Å². The van der Waals surface area contributed by atoms with Crippen LogP contribution in [0.1, 0.15) is 44.1 Å². The van der Waals surface area contributed by atoms with Crippen molar-refractivity contribution in [1.82, 2.24) is 15.0 Å². The van der Waals surface area contributed by atoms with E-state index in [0.717, 1.165) is 24.0 Å². The summed E-state index contributed by atoms with van der Waals surface area (Å²) in [5, 5.41) is 7.03. The fourth-order valence-electron chi connectivity index (χ4n) is 4.75. The number of rotatable bonds is 5. The standard InChI is InChI=1S/C26H28N4O3/c1-17-7-9-18(10-8-17)24-28-26(33-29-24)19-11-13-21(14-12-19)27-25(32)20-15-23(31)30(16-20)22-5-3-2-4-6-22/h7-14,20,22H,2-6,15-16H2,1H3,(H,27,32)/t20-/m0/s1. The molecule has 3 aromatic rings. The third-order valence-electron chi connectivity index (χ3n) is 6.68. The quantitative estimate of drug-likeness (QED) is 0.609. The molecule has 1 aliphatic carbocycles. The van der Waals surface area contributed by atoms with Crippen LogP contribution < -0.4 is 5.32 Å². The highest BCUT2D eigenvalue weighted by molar-refractivity contribution is 5.97. The highest BCUT2D eigenvalue weighted by Gasteiger charge is 2.38. The molecule has 170 valence electrons. The molecule has 7 nitrogen and oxygen atoms in total. The van der Waals surface area contributed by atoms with Crippen LogP contribution in [0.25, 0.3) is 22.8 Å². The Morgan fingerprint density at radius 1 is 1.00 bits per heavy atom. The monoisotopic (exact) mass is 444 g/mol. The molecule has 1 atom stereocenters. The van der Waals surface area contributed by atoms with Gasteiger partial charge in [-0.25, -0.2) is 0 Å². The van der Waals surface area contributed by atoms with E-state index >= 15 is 0 Å². The molecule has 0 bridgehead atoms. The summed E-state index contributed by atoms with van der Waals surface area (Å²) < 4.78 is 5.43. The van der Waals surface area contributed by atoms with E-state index in [9.17, 15) is 9.59 Å². The zero-order valence-corrected chi connectivity index (χ0v) is 18.8. The van der Waals surface area contributed by atoms with Crippen molar-refractivity contribution >= 4 is 17.5 Å². The van der Waals surface area contributed by atoms with Crippen LogP contribution in [0.15, 0.2) is 53.1 Å². The summed E-state index contributed by atoms with van der Waals surface area (Å²) in [5.74, 6) is 0.669. The minimum atomic E-state index is -0.299. The van der Waals surface area contributed by atoms with E-state index in [0.29, 0.717) is 36.4 Å². The molecule has 2 aromatic carbocycles. The summed E-state index contributed by atoms with van der Waals surface area (Å²) in [6, 6.07) is 15.6. The lowest BCUT2D eigenvalue weighted by Crippen LogP contribution is -2.38. The van der Waals surface area contributed by atoms with Gasteiger partial charge in [0.1, 0.15) is 0 Å². The lowest BCUT2D eigenvalue weighted by atomic mass is 9.94. The number of aromatic nitrogens is 2. The van der Waals surface area contributed by atoms with Gasteiger partial charge in [0, 0.05) is 35.8 Å². The highest BCUT2D eigenvalue weighted by atomic mass is 16.5. The molecule has 1 saturated heterocycles. The molecule has 0 spiro atoms. The van der Waals surface area contributed by atoms with Gasteiger partial charge in [0.2, 0.25) is 17.6 Å². The van der Waals surface area contributed by atoms with Crippen LogP contribution in [0, 0.1) is 12.8 Å². The summed E-state index contributed by atoms with van der Waals surface area (Å²) in [4.78, 5) is 31.7. The average Bonchev–Trinajstić information content (AvgIpc) is 3.48. The van der Waals surface area contributed by atoms with E-state index in [4.69, 9.17) is 4.52 Å². The molecule has 2 amide bonds. The number of hydrogen-bond acceptors (Lipinski definition) is 5. The number of carbonyl (C=O) groups excluding carboxylic acids is 2. The first-order valence-corrected chi connectivity index (χ1v) is 11.7. The zero-order chi connectivity index (χ0) is 22.8. The maximum atomic E-state index is 12.8. The molecule has 2 fully saturated rings. The van der Waals surface area contributed by atoms with Gasteiger partial charge in [-0.05, 0) is 44.0 Å². The smallest absolute Gasteiger partial charge is 0.258 e. The Balaban J connectivity index is 1.21. The molecular formula is C26H28N4O3. The van der Waals surface area contributed by atoms with Gasteiger partial charge in [-0.15, -0.1) is 0 Å². The van der Waals surface area contributed by atoms with E-state index in [1.165, 1.54) is 24.8 Å². The van der Waals surface area contributed by atoms with Gasteiger partial charge in [-0.2, -0.15) is 4.98 Å². The average molecular weight is 445 g/mol. The summed E-state index contributed by atoms with van der Waals surface area (Å²) in [5.41, 5.74) is 3.53. The second-order valence-corrected chi connectivity index (χ2v) is 9.09. The number of nitrogens with one attached hydrogen (secondary N) is 1. The molecule has 5 rings (SSSR count). The van der Waals surface area contributed by atoms with Crippen molar-refractivity contribution < 1.29 is 14.1 Å². The molecule has 0 unspecified atom stereocenters. The first kappa shape index (κ1) is 21.4. The maximum Gasteiger partial charge on any atom is 0.258 e. The minimum absolute atomic E-state index is 0.103.